The van der Waals surface area contributed by atoms with Gasteiger partial charge in [-0.15, -0.1) is 0 Å². The van der Waals surface area contributed by atoms with Gasteiger partial charge >= 0.3 is 0 Å². The molecule has 3 aliphatic heterocycles. The van der Waals surface area contributed by atoms with Crippen molar-refractivity contribution >= 4 is 5.91 Å². The van der Waals surface area contributed by atoms with Crippen molar-refractivity contribution in [3.63, 3.8) is 0 Å². The maximum absolute atomic E-state index is 12.9. The van der Waals surface area contributed by atoms with E-state index >= 15 is 0 Å². The van der Waals surface area contributed by atoms with Crippen LogP contribution >= 0.6 is 0 Å². The number of aryl methyl sites for hydroxylation is 1. The van der Waals surface area contributed by atoms with Crippen LogP contribution in [0.5, 0.6) is 0 Å². The number of carbonyl (C=O) groups is 1. The third-order valence-corrected chi connectivity index (χ3v) is 6.85. The zero-order valence-corrected chi connectivity index (χ0v) is 16.4. The molecule has 0 spiro atoms. The van der Waals surface area contributed by atoms with E-state index in [1.54, 1.807) is 17.3 Å². The third kappa shape index (κ3) is 3.58. The van der Waals surface area contributed by atoms with Gasteiger partial charge in [-0.3, -0.25) is 14.4 Å². The van der Waals surface area contributed by atoms with E-state index in [0.717, 1.165) is 39.0 Å². The fourth-order valence-corrected chi connectivity index (χ4v) is 5.40. The summed E-state index contributed by atoms with van der Waals surface area (Å²) in [6.45, 7) is 3.91. The average Bonchev–Trinajstić information content (AvgIpc) is 3.29. The number of piperidine rings is 1. The Morgan fingerprint density at radius 3 is 2.61 bits per heavy atom. The number of benzene rings is 1. The first-order chi connectivity index (χ1) is 13.8. The standard InChI is InChI=1S/C22H29N5O/c28-22(6-3-9-26-16-23-15-24-26)27-13-17-7-8-20(27)14-25(12-17)21-10-18-4-1-2-5-19(18)11-21/h1-2,4-5,15-17,20-21H,3,6-14H2/t17-,20+/m0/s1. The summed E-state index contributed by atoms with van der Waals surface area (Å²) in [4.78, 5) is 21.8. The summed E-state index contributed by atoms with van der Waals surface area (Å²) >= 11 is 0. The molecular weight excluding hydrogens is 350 g/mol. The molecule has 6 rings (SSSR count). The number of hydrogen-bond donors (Lipinski definition) is 0. The third-order valence-electron chi connectivity index (χ3n) is 6.85. The number of fused-ring (bicyclic) bond motifs is 5. The number of amides is 1. The molecule has 3 saturated heterocycles. The molecule has 1 amide bonds. The van der Waals surface area contributed by atoms with Gasteiger partial charge < -0.3 is 4.90 Å². The van der Waals surface area contributed by atoms with E-state index in [2.05, 4.69) is 44.1 Å². The Balaban J connectivity index is 1.20. The molecular formula is C22H29N5O. The van der Waals surface area contributed by atoms with Gasteiger partial charge in [0, 0.05) is 44.7 Å². The van der Waals surface area contributed by atoms with Gasteiger partial charge in [0.2, 0.25) is 5.91 Å². The maximum Gasteiger partial charge on any atom is 0.222 e. The number of carbonyl (C=O) groups excluding carboxylic acids is 1. The molecule has 1 aromatic heterocycles. The lowest BCUT2D eigenvalue weighted by Gasteiger charge is -2.36. The minimum Gasteiger partial charge on any atom is -0.338 e. The van der Waals surface area contributed by atoms with Crippen molar-refractivity contribution in [3.05, 3.63) is 48.0 Å². The zero-order valence-electron chi connectivity index (χ0n) is 16.4. The Labute approximate surface area is 166 Å². The SMILES string of the molecule is O=C(CCCn1cncn1)N1C[C@H]2CC[C@@H]1CN(C1Cc3ccccc3C1)C2. The fraction of sp³-hybridized carbons (Fsp3) is 0.591. The molecule has 2 bridgehead atoms. The predicted octanol–water partition coefficient (Wildman–Crippen LogP) is 2.15. The Hall–Kier alpha value is -2.21. The van der Waals surface area contributed by atoms with E-state index < -0.39 is 0 Å². The molecule has 1 aromatic carbocycles. The van der Waals surface area contributed by atoms with Crippen molar-refractivity contribution in [1.29, 1.82) is 0 Å². The summed E-state index contributed by atoms with van der Waals surface area (Å²) in [5.41, 5.74) is 3.04. The Bertz CT molecular complexity index is 795. The largest absolute Gasteiger partial charge is 0.338 e. The van der Waals surface area contributed by atoms with Crippen LogP contribution in [-0.2, 0) is 24.2 Å². The minimum atomic E-state index is 0.325. The number of hydrogen-bond acceptors (Lipinski definition) is 4. The summed E-state index contributed by atoms with van der Waals surface area (Å²) in [6, 6.07) is 9.89. The lowest BCUT2D eigenvalue weighted by atomic mass is 9.94. The molecule has 3 fully saturated rings. The molecule has 4 aliphatic rings. The smallest absolute Gasteiger partial charge is 0.222 e. The fourth-order valence-electron chi connectivity index (χ4n) is 5.40. The van der Waals surface area contributed by atoms with Crippen LogP contribution in [0.4, 0.5) is 0 Å². The van der Waals surface area contributed by atoms with Gasteiger partial charge in [0.25, 0.3) is 0 Å². The molecule has 0 saturated carbocycles. The second-order valence-corrected chi connectivity index (χ2v) is 8.69. The van der Waals surface area contributed by atoms with Gasteiger partial charge in [-0.2, -0.15) is 5.10 Å². The van der Waals surface area contributed by atoms with Gasteiger partial charge in [0.15, 0.2) is 0 Å². The van der Waals surface area contributed by atoms with Gasteiger partial charge in [0.1, 0.15) is 12.7 Å². The Morgan fingerprint density at radius 2 is 1.86 bits per heavy atom. The first kappa shape index (κ1) is 17.9. The second-order valence-electron chi connectivity index (χ2n) is 8.69. The monoisotopic (exact) mass is 379 g/mol. The van der Waals surface area contributed by atoms with Crippen molar-refractivity contribution in [1.82, 2.24) is 24.6 Å². The molecule has 0 N–H and O–H groups in total. The first-order valence-corrected chi connectivity index (χ1v) is 10.7. The summed E-state index contributed by atoms with van der Waals surface area (Å²) in [6.07, 6.45) is 9.47. The minimum absolute atomic E-state index is 0.325. The van der Waals surface area contributed by atoms with Crippen molar-refractivity contribution in [2.75, 3.05) is 19.6 Å². The van der Waals surface area contributed by atoms with Crippen LogP contribution in [0.3, 0.4) is 0 Å². The molecule has 1 aliphatic carbocycles. The number of rotatable bonds is 5. The molecule has 148 valence electrons. The summed E-state index contributed by atoms with van der Waals surface area (Å²) in [7, 11) is 0. The topological polar surface area (TPSA) is 54.3 Å². The molecule has 6 nitrogen and oxygen atoms in total. The van der Waals surface area contributed by atoms with Gasteiger partial charge in [-0.05, 0) is 49.1 Å². The van der Waals surface area contributed by atoms with Crippen LogP contribution in [0.1, 0.15) is 36.8 Å². The second kappa shape index (κ2) is 7.66. The van der Waals surface area contributed by atoms with Crippen LogP contribution in [0.15, 0.2) is 36.9 Å². The normalized spacial score (nSPS) is 25.1. The average molecular weight is 380 g/mol. The molecule has 2 aromatic rings. The van der Waals surface area contributed by atoms with E-state index in [4.69, 9.17) is 0 Å². The van der Waals surface area contributed by atoms with Crippen LogP contribution in [0.2, 0.25) is 0 Å². The Morgan fingerprint density at radius 1 is 1.04 bits per heavy atom. The molecule has 28 heavy (non-hydrogen) atoms. The Kier molecular flexibility index (Phi) is 4.89. The van der Waals surface area contributed by atoms with E-state index in [1.165, 1.54) is 30.4 Å². The predicted molar refractivity (Wildman–Crippen MR) is 107 cm³/mol. The summed E-state index contributed by atoms with van der Waals surface area (Å²) in [5.74, 6) is 0.952. The van der Waals surface area contributed by atoms with Gasteiger partial charge in [0.05, 0.1) is 0 Å². The van der Waals surface area contributed by atoms with Crippen molar-refractivity contribution in [2.45, 2.75) is 57.2 Å². The van der Waals surface area contributed by atoms with Crippen LogP contribution < -0.4 is 0 Å². The highest BCUT2D eigenvalue weighted by Gasteiger charge is 2.39. The first-order valence-electron chi connectivity index (χ1n) is 10.7. The molecule has 4 heterocycles. The van der Waals surface area contributed by atoms with Crippen molar-refractivity contribution < 1.29 is 4.79 Å². The molecule has 0 radical (unpaired) electrons. The summed E-state index contributed by atoms with van der Waals surface area (Å²) in [5, 5.41) is 4.12. The van der Waals surface area contributed by atoms with Crippen molar-refractivity contribution in [3.8, 4) is 0 Å². The summed E-state index contributed by atoms with van der Waals surface area (Å²) < 4.78 is 1.81. The molecule has 2 atom stereocenters. The van der Waals surface area contributed by atoms with Crippen LogP contribution in [0.25, 0.3) is 0 Å². The number of nitrogens with zero attached hydrogens (tertiary/aromatic N) is 5. The van der Waals surface area contributed by atoms with Crippen molar-refractivity contribution in [2.24, 2.45) is 5.92 Å². The molecule has 0 unspecified atom stereocenters. The molecule has 6 heteroatoms. The number of aromatic nitrogens is 3. The van der Waals surface area contributed by atoms with E-state index in [-0.39, 0.29) is 0 Å². The lowest BCUT2D eigenvalue weighted by Crippen LogP contribution is -2.48. The van der Waals surface area contributed by atoms with Crippen LogP contribution in [-0.4, -0.2) is 62.2 Å². The highest BCUT2D eigenvalue weighted by molar-refractivity contribution is 5.76. The van der Waals surface area contributed by atoms with Gasteiger partial charge in [-0.25, -0.2) is 4.98 Å². The highest BCUT2D eigenvalue weighted by atomic mass is 16.2. The van der Waals surface area contributed by atoms with Gasteiger partial charge in [-0.1, -0.05) is 24.3 Å². The maximum atomic E-state index is 12.9. The lowest BCUT2D eigenvalue weighted by molar-refractivity contribution is -0.135. The van der Waals surface area contributed by atoms with E-state index in [1.807, 2.05) is 0 Å². The zero-order chi connectivity index (χ0) is 18.9. The van der Waals surface area contributed by atoms with Crippen LogP contribution in [0, 0.1) is 5.92 Å². The quantitative estimate of drug-likeness (QED) is 0.799. The van der Waals surface area contributed by atoms with E-state index in [9.17, 15) is 4.79 Å². The van der Waals surface area contributed by atoms with E-state index in [0.29, 0.717) is 30.3 Å². The highest BCUT2D eigenvalue weighted by Crippen LogP contribution is 2.33.